The summed E-state index contributed by atoms with van der Waals surface area (Å²) in [6.07, 6.45) is 2.35. The maximum Gasteiger partial charge on any atom is 0.142 e. The van der Waals surface area contributed by atoms with Crippen LogP contribution in [0.4, 0.5) is 5.69 Å². The van der Waals surface area contributed by atoms with Crippen molar-refractivity contribution in [2.75, 3.05) is 25.1 Å². The normalized spacial score (nSPS) is 22.4. The van der Waals surface area contributed by atoms with Crippen LogP contribution in [0.5, 0.6) is 11.5 Å². The lowest BCUT2D eigenvalue weighted by molar-refractivity contribution is 0.0232. The van der Waals surface area contributed by atoms with Crippen LogP contribution in [0.15, 0.2) is 18.2 Å². The molecule has 4 heteroatoms. The van der Waals surface area contributed by atoms with Crippen molar-refractivity contribution >= 4 is 5.69 Å². The summed E-state index contributed by atoms with van der Waals surface area (Å²) in [5, 5.41) is 3.58. The van der Waals surface area contributed by atoms with Gasteiger partial charge in [0.2, 0.25) is 0 Å². The second kappa shape index (κ2) is 7.39. The number of rotatable bonds is 6. The van der Waals surface area contributed by atoms with Crippen LogP contribution in [-0.2, 0) is 4.74 Å². The molecule has 0 saturated carbocycles. The monoisotopic (exact) mass is 279 g/mol. The summed E-state index contributed by atoms with van der Waals surface area (Å²) in [6.45, 7) is 8.25. The van der Waals surface area contributed by atoms with Crippen LogP contribution in [0, 0.1) is 0 Å². The van der Waals surface area contributed by atoms with E-state index in [0.717, 1.165) is 36.6 Å². The first kappa shape index (κ1) is 15.0. The maximum atomic E-state index is 5.69. The zero-order chi connectivity index (χ0) is 14.4. The molecule has 1 fully saturated rings. The van der Waals surface area contributed by atoms with E-state index in [4.69, 9.17) is 14.2 Å². The van der Waals surface area contributed by atoms with Gasteiger partial charge in [-0.3, -0.25) is 0 Å². The van der Waals surface area contributed by atoms with Crippen LogP contribution in [0.1, 0.15) is 33.6 Å². The van der Waals surface area contributed by atoms with Crippen molar-refractivity contribution in [1.82, 2.24) is 0 Å². The third kappa shape index (κ3) is 4.04. The Kier molecular flexibility index (Phi) is 5.53. The molecule has 0 radical (unpaired) electrons. The van der Waals surface area contributed by atoms with E-state index in [-0.39, 0.29) is 0 Å². The van der Waals surface area contributed by atoms with Crippen molar-refractivity contribution in [2.45, 2.75) is 45.8 Å². The van der Waals surface area contributed by atoms with Crippen molar-refractivity contribution in [3.05, 3.63) is 18.2 Å². The summed E-state index contributed by atoms with van der Waals surface area (Å²) >= 11 is 0. The standard InChI is InChI=1S/C16H25NO3/c1-4-18-14-6-7-16(19-5-2)15(11-14)17-13-8-9-20-12(3)10-13/h6-7,11-13,17H,4-5,8-10H2,1-3H3. The lowest BCUT2D eigenvalue weighted by atomic mass is 10.0. The highest BCUT2D eigenvalue weighted by atomic mass is 16.5. The van der Waals surface area contributed by atoms with Crippen LogP contribution in [-0.4, -0.2) is 32.0 Å². The minimum Gasteiger partial charge on any atom is -0.494 e. The molecule has 1 aliphatic heterocycles. The van der Waals surface area contributed by atoms with Crippen molar-refractivity contribution in [2.24, 2.45) is 0 Å². The smallest absolute Gasteiger partial charge is 0.142 e. The number of ether oxygens (including phenoxy) is 3. The fourth-order valence-electron chi connectivity index (χ4n) is 2.51. The molecular weight excluding hydrogens is 254 g/mol. The third-order valence-corrected chi connectivity index (χ3v) is 3.41. The van der Waals surface area contributed by atoms with E-state index < -0.39 is 0 Å². The number of nitrogens with one attached hydrogen (secondary N) is 1. The Balaban J connectivity index is 2.11. The molecule has 1 N–H and O–H groups in total. The van der Waals surface area contributed by atoms with Crippen LogP contribution in [0.25, 0.3) is 0 Å². The fraction of sp³-hybridized carbons (Fsp3) is 0.625. The van der Waals surface area contributed by atoms with E-state index in [0.29, 0.717) is 25.4 Å². The van der Waals surface area contributed by atoms with E-state index in [1.807, 2.05) is 32.0 Å². The molecular formula is C16H25NO3. The lowest BCUT2D eigenvalue weighted by Crippen LogP contribution is -2.32. The average molecular weight is 279 g/mol. The highest BCUT2D eigenvalue weighted by Crippen LogP contribution is 2.31. The van der Waals surface area contributed by atoms with Crippen molar-refractivity contribution < 1.29 is 14.2 Å². The first-order chi connectivity index (χ1) is 9.72. The van der Waals surface area contributed by atoms with Gasteiger partial charge in [-0.05, 0) is 45.7 Å². The molecule has 20 heavy (non-hydrogen) atoms. The van der Waals surface area contributed by atoms with Crippen LogP contribution in [0.2, 0.25) is 0 Å². The Morgan fingerprint density at radius 1 is 1.25 bits per heavy atom. The van der Waals surface area contributed by atoms with Gasteiger partial charge < -0.3 is 19.5 Å². The molecule has 1 aliphatic rings. The van der Waals surface area contributed by atoms with Gasteiger partial charge in [0.05, 0.1) is 25.0 Å². The number of hydrogen-bond donors (Lipinski definition) is 1. The Morgan fingerprint density at radius 2 is 2.05 bits per heavy atom. The van der Waals surface area contributed by atoms with Gasteiger partial charge in [0.15, 0.2) is 0 Å². The van der Waals surface area contributed by atoms with E-state index in [2.05, 4.69) is 12.2 Å². The maximum absolute atomic E-state index is 5.69. The van der Waals surface area contributed by atoms with Gasteiger partial charge in [0.25, 0.3) is 0 Å². The van der Waals surface area contributed by atoms with Crippen molar-refractivity contribution in [3.8, 4) is 11.5 Å². The topological polar surface area (TPSA) is 39.7 Å². The van der Waals surface area contributed by atoms with E-state index >= 15 is 0 Å². The molecule has 0 aliphatic carbocycles. The molecule has 1 aromatic rings. The zero-order valence-corrected chi connectivity index (χ0v) is 12.6. The van der Waals surface area contributed by atoms with Crippen molar-refractivity contribution in [1.29, 1.82) is 0 Å². The molecule has 2 unspecified atom stereocenters. The minimum absolute atomic E-state index is 0.312. The predicted molar refractivity (Wildman–Crippen MR) is 80.8 cm³/mol. The SMILES string of the molecule is CCOc1ccc(OCC)c(NC2CCOC(C)C2)c1. The highest BCUT2D eigenvalue weighted by Gasteiger charge is 2.20. The Bertz CT molecular complexity index is 422. The molecule has 2 rings (SSSR count). The molecule has 112 valence electrons. The highest BCUT2D eigenvalue weighted by molar-refractivity contribution is 5.60. The molecule has 4 nitrogen and oxygen atoms in total. The minimum atomic E-state index is 0.312. The molecule has 1 heterocycles. The number of hydrogen-bond acceptors (Lipinski definition) is 4. The van der Waals surface area contributed by atoms with Crippen molar-refractivity contribution in [3.63, 3.8) is 0 Å². The van der Waals surface area contributed by atoms with Gasteiger partial charge in [-0.1, -0.05) is 0 Å². The second-order valence-corrected chi connectivity index (χ2v) is 5.07. The molecule has 1 aromatic carbocycles. The van der Waals surface area contributed by atoms with Gasteiger partial charge in [0.1, 0.15) is 11.5 Å². The Hall–Kier alpha value is -1.42. The summed E-state index contributed by atoms with van der Waals surface area (Å²) in [5.41, 5.74) is 1.01. The summed E-state index contributed by atoms with van der Waals surface area (Å²) in [4.78, 5) is 0. The van der Waals surface area contributed by atoms with E-state index in [9.17, 15) is 0 Å². The van der Waals surface area contributed by atoms with Gasteiger partial charge >= 0.3 is 0 Å². The first-order valence-electron chi connectivity index (χ1n) is 7.50. The van der Waals surface area contributed by atoms with E-state index in [1.54, 1.807) is 0 Å². The average Bonchev–Trinajstić information content (AvgIpc) is 2.42. The van der Waals surface area contributed by atoms with Gasteiger partial charge in [-0.15, -0.1) is 0 Å². The number of benzene rings is 1. The molecule has 0 spiro atoms. The summed E-state index contributed by atoms with van der Waals surface area (Å²) in [5.74, 6) is 1.76. The molecule has 0 aromatic heterocycles. The van der Waals surface area contributed by atoms with Crippen LogP contribution >= 0.6 is 0 Å². The first-order valence-corrected chi connectivity index (χ1v) is 7.50. The predicted octanol–water partition coefficient (Wildman–Crippen LogP) is 3.46. The molecule has 0 bridgehead atoms. The molecule has 0 amide bonds. The van der Waals surface area contributed by atoms with Gasteiger partial charge in [0, 0.05) is 18.7 Å². The molecule has 1 saturated heterocycles. The third-order valence-electron chi connectivity index (χ3n) is 3.41. The fourth-order valence-corrected chi connectivity index (χ4v) is 2.51. The summed E-state index contributed by atoms with van der Waals surface area (Å²) in [7, 11) is 0. The zero-order valence-electron chi connectivity index (χ0n) is 12.6. The Morgan fingerprint density at radius 3 is 2.75 bits per heavy atom. The van der Waals surface area contributed by atoms with Gasteiger partial charge in [-0.25, -0.2) is 0 Å². The van der Waals surface area contributed by atoms with E-state index in [1.165, 1.54) is 0 Å². The summed E-state index contributed by atoms with van der Waals surface area (Å²) in [6, 6.07) is 6.37. The summed E-state index contributed by atoms with van der Waals surface area (Å²) < 4.78 is 16.8. The molecule has 2 atom stereocenters. The van der Waals surface area contributed by atoms with Crippen LogP contribution < -0.4 is 14.8 Å². The quantitative estimate of drug-likeness (QED) is 0.865. The lowest BCUT2D eigenvalue weighted by Gasteiger charge is -2.29. The van der Waals surface area contributed by atoms with Crippen LogP contribution in [0.3, 0.4) is 0 Å². The second-order valence-electron chi connectivity index (χ2n) is 5.07. The number of anilines is 1. The van der Waals surface area contributed by atoms with Gasteiger partial charge in [-0.2, -0.15) is 0 Å². The Labute approximate surface area is 121 Å². The largest absolute Gasteiger partial charge is 0.494 e.